The van der Waals surface area contributed by atoms with Crippen LogP contribution in [0, 0.1) is 0 Å². The van der Waals surface area contributed by atoms with Gasteiger partial charge in [-0.3, -0.25) is 14.3 Å². The number of nitrogens with one attached hydrogen (secondary N) is 1. The van der Waals surface area contributed by atoms with Crippen LogP contribution in [0.5, 0.6) is 0 Å². The Labute approximate surface area is 163 Å². The fourth-order valence-electron chi connectivity index (χ4n) is 3.51. The molecule has 7 heteroatoms. The van der Waals surface area contributed by atoms with E-state index in [2.05, 4.69) is 10.4 Å². The van der Waals surface area contributed by atoms with Gasteiger partial charge in [0, 0.05) is 36.8 Å². The summed E-state index contributed by atoms with van der Waals surface area (Å²) in [6.45, 7) is 4.20. The Bertz CT molecular complexity index is 882. The van der Waals surface area contributed by atoms with E-state index in [1.807, 2.05) is 11.8 Å². The first kappa shape index (κ1) is 18.0. The summed E-state index contributed by atoms with van der Waals surface area (Å²) in [4.78, 5) is 27.6. The molecule has 1 aliphatic heterocycles. The Morgan fingerprint density at radius 1 is 1.22 bits per heavy atom. The van der Waals surface area contributed by atoms with E-state index in [4.69, 9.17) is 11.6 Å². The maximum atomic E-state index is 13.0. The minimum Gasteiger partial charge on any atom is -0.339 e. The number of hydrogen-bond donors (Lipinski definition) is 1. The molecule has 1 N–H and O–H groups in total. The Kier molecular flexibility index (Phi) is 4.91. The van der Waals surface area contributed by atoms with Crippen LogP contribution < -0.4 is 5.32 Å². The number of aryl methyl sites for hydroxylation is 1. The van der Waals surface area contributed by atoms with E-state index in [-0.39, 0.29) is 11.8 Å². The van der Waals surface area contributed by atoms with Crippen molar-refractivity contribution in [1.82, 2.24) is 14.7 Å². The van der Waals surface area contributed by atoms with Gasteiger partial charge < -0.3 is 10.2 Å². The number of amides is 2. The number of hydrogen-bond acceptors (Lipinski definition) is 3. The molecule has 0 bridgehead atoms. The van der Waals surface area contributed by atoms with Gasteiger partial charge in [-0.15, -0.1) is 0 Å². The first-order valence-corrected chi connectivity index (χ1v) is 9.92. The summed E-state index contributed by atoms with van der Waals surface area (Å²) in [7, 11) is 0. The molecule has 2 fully saturated rings. The van der Waals surface area contributed by atoms with Crippen molar-refractivity contribution in [3.05, 3.63) is 46.2 Å². The number of aromatic nitrogens is 2. The number of rotatable bonds is 5. The summed E-state index contributed by atoms with van der Waals surface area (Å²) < 4.78 is 1.79. The van der Waals surface area contributed by atoms with Gasteiger partial charge in [0.1, 0.15) is 0 Å². The van der Waals surface area contributed by atoms with Gasteiger partial charge in [-0.25, -0.2) is 0 Å². The average Bonchev–Trinajstić information content (AvgIpc) is 3.20. The lowest BCUT2D eigenvalue weighted by Crippen LogP contribution is -2.29. The normalized spacial score (nSPS) is 16.6. The van der Waals surface area contributed by atoms with Crippen LogP contribution in [0.4, 0.5) is 5.69 Å². The predicted octanol–water partition coefficient (Wildman–Crippen LogP) is 3.92. The Morgan fingerprint density at radius 2 is 1.96 bits per heavy atom. The van der Waals surface area contributed by atoms with Crippen molar-refractivity contribution in [2.75, 3.05) is 18.4 Å². The van der Waals surface area contributed by atoms with Gasteiger partial charge >= 0.3 is 0 Å². The van der Waals surface area contributed by atoms with E-state index in [0.717, 1.165) is 44.5 Å². The number of anilines is 1. The van der Waals surface area contributed by atoms with Crippen LogP contribution in [-0.2, 0) is 6.54 Å². The highest BCUT2D eigenvalue weighted by Gasteiger charge is 2.32. The van der Waals surface area contributed by atoms with Gasteiger partial charge in [0.15, 0.2) is 0 Å². The molecule has 2 aliphatic rings. The van der Waals surface area contributed by atoms with Gasteiger partial charge in [0.05, 0.1) is 22.5 Å². The van der Waals surface area contributed by atoms with E-state index >= 15 is 0 Å². The zero-order valence-electron chi connectivity index (χ0n) is 15.4. The molecule has 1 aromatic carbocycles. The van der Waals surface area contributed by atoms with Crippen LogP contribution in [0.25, 0.3) is 0 Å². The third-order valence-electron chi connectivity index (χ3n) is 5.18. The van der Waals surface area contributed by atoms with Gasteiger partial charge in [-0.2, -0.15) is 5.10 Å². The molecule has 0 unspecified atom stereocenters. The van der Waals surface area contributed by atoms with Crippen molar-refractivity contribution < 1.29 is 9.59 Å². The molecular formula is C20H23ClN4O2. The van der Waals surface area contributed by atoms with Crippen LogP contribution in [0.15, 0.2) is 24.4 Å². The van der Waals surface area contributed by atoms with E-state index in [1.54, 1.807) is 29.1 Å². The quantitative estimate of drug-likeness (QED) is 0.846. The Balaban J connectivity index is 1.62. The number of benzene rings is 1. The second-order valence-electron chi connectivity index (χ2n) is 7.20. The fraction of sp³-hybridized carbons (Fsp3) is 0.450. The summed E-state index contributed by atoms with van der Waals surface area (Å²) in [5, 5.41) is 7.95. The molecule has 1 aliphatic carbocycles. The van der Waals surface area contributed by atoms with Crippen molar-refractivity contribution in [2.45, 2.75) is 45.1 Å². The Morgan fingerprint density at radius 3 is 2.63 bits per heavy atom. The van der Waals surface area contributed by atoms with Crippen molar-refractivity contribution in [3.63, 3.8) is 0 Å². The monoisotopic (exact) mass is 386 g/mol. The van der Waals surface area contributed by atoms with Gasteiger partial charge in [-0.05, 0) is 50.8 Å². The highest BCUT2D eigenvalue weighted by Crippen LogP contribution is 2.41. The maximum absolute atomic E-state index is 13.0. The van der Waals surface area contributed by atoms with Crippen LogP contribution >= 0.6 is 11.6 Å². The van der Waals surface area contributed by atoms with Crippen molar-refractivity contribution >= 4 is 29.1 Å². The maximum Gasteiger partial charge on any atom is 0.259 e. The van der Waals surface area contributed by atoms with Gasteiger partial charge in [-0.1, -0.05) is 11.6 Å². The molecule has 142 valence electrons. The van der Waals surface area contributed by atoms with E-state index in [9.17, 15) is 9.59 Å². The molecule has 2 aromatic rings. The van der Waals surface area contributed by atoms with Crippen molar-refractivity contribution in [2.24, 2.45) is 0 Å². The van der Waals surface area contributed by atoms with Crippen LogP contribution in [0.3, 0.4) is 0 Å². The SMILES string of the molecule is CCn1cc(C(=O)Nc2ccc(Cl)cc2C(=O)N2CCCC2)c(C2CC2)n1. The molecular weight excluding hydrogens is 364 g/mol. The first-order valence-electron chi connectivity index (χ1n) is 9.54. The van der Waals surface area contributed by atoms with E-state index < -0.39 is 0 Å². The van der Waals surface area contributed by atoms with E-state index in [0.29, 0.717) is 34.3 Å². The first-order chi connectivity index (χ1) is 13.1. The molecule has 1 saturated heterocycles. The summed E-state index contributed by atoms with van der Waals surface area (Å²) in [5.41, 5.74) is 2.38. The molecule has 1 saturated carbocycles. The van der Waals surface area contributed by atoms with E-state index in [1.165, 1.54) is 0 Å². The highest BCUT2D eigenvalue weighted by atomic mass is 35.5. The van der Waals surface area contributed by atoms with Crippen molar-refractivity contribution in [3.8, 4) is 0 Å². The molecule has 2 amide bonds. The highest BCUT2D eigenvalue weighted by molar-refractivity contribution is 6.31. The second kappa shape index (κ2) is 7.35. The smallest absolute Gasteiger partial charge is 0.259 e. The summed E-state index contributed by atoms with van der Waals surface area (Å²) in [6, 6.07) is 5.02. The zero-order chi connectivity index (χ0) is 19.0. The number of carbonyl (C=O) groups is 2. The summed E-state index contributed by atoms with van der Waals surface area (Å²) in [6.07, 6.45) is 5.95. The van der Waals surface area contributed by atoms with Gasteiger partial charge in [0.25, 0.3) is 11.8 Å². The lowest BCUT2D eigenvalue weighted by atomic mass is 10.1. The molecule has 0 atom stereocenters. The van der Waals surface area contributed by atoms with Crippen LogP contribution in [0.1, 0.15) is 64.9 Å². The van der Waals surface area contributed by atoms with Crippen molar-refractivity contribution in [1.29, 1.82) is 0 Å². The number of carbonyl (C=O) groups excluding carboxylic acids is 2. The standard InChI is InChI=1S/C20H23ClN4O2/c1-2-25-12-16(18(23-25)13-5-6-13)19(26)22-17-8-7-14(21)11-15(17)20(27)24-9-3-4-10-24/h7-8,11-13H,2-6,9-10H2,1H3,(H,22,26). The number of nitrogens with zero attached hydrogens (tertiary/aromatic N) is 3. The second-order valence-corrected chi connectivity index (χ2v) is 7.64. The average molecular weight is 387 g/mol. The molecule has 0 spiro atoms. The number of likely N-dealkylation sites (tertiary alicyclic amines) is 1. The summed E-state index contributed by atoms with van der Waals surface area (Å²) in [5.74, 6) is 0.0563. The third-order valence-corrected chi connectivity index (χ3v) is 5.41. The topological polar surface area (TPSA) is 67.2 Å². The third kappa shape index (κ3) is 3.72. The van der Waals surface area contributed by atoms with Gasteiger partial charge in [0.2, 0.25) is 0 Å². The molecule has 6 nitrogen and oxygen atoms in total. The minimum absolute atomic E-state index is 0.0861. The van der Waals surface area contributed by atoms with Crippen LogP contribution in [0.2, 0.25) is 5.02 Å². The zero-order valence-corrected chi connectivity index (χ0v) is 16.1. The summed E-state index contributed by atoms with van der Waals surface area (Å²) >= 11 is 6.12. The molecule has 27 heavy (non-hydrogen) atoms. The molecule has 0 radical (unpaired) electrons. The Hall–Kier alpha value is -2.34. The molecule has 4 rings (SSSR count). The number of halogens is 1. The van der Waals surface area contributed by atoms with Crippen LogP contribution in [-0.4, -0.2) is 39.6 Å². The lowest BCUT2D eigenvalue weighted by molar-refractivity contribution is 0.0794. The lowest BCUT2D eigenvalue weighted by Gasteiger charge is -2.18. The molecule has 2 heterocycles. The predicted molar refractivity (Wildman–Crippen MR) is 104 cm³/mol. The fourth-order valence-corrected chi connectivity index (χ4v) is 3.69. The minimum atomic E-state index is -0.227. The largest absolute Gasteiger partial charge is 0.339 e. The molecule has 1 aromatic heterocycles.